The number of nitrogens with zero attached hydrogens (tertiary/aromatic N) is 3. The summed E-state index contributed by atoms with van der Waals surface area (Å²) in [5, 5.41) is 4.64. The number of sulfonamides is 1. The Morgan fingerprint density at radius 1 is 1.37 bits per heavy atom. The van der Waals surface area contributed by atoms with Gasteiger partial charge in [0.05, 0.1) is 23.8 Å². The molecule has 0 fully saturated rings. The van der Waals surface area contributed by atoms with Gasteiger partial charge in [-0.25, -0.2) is 17.1 Å². The fraction of sp³-hybridized carbons (Fsp3) is 0.389. The predicted molar refractivity (Wildman–Crippen MR) is 104 cm³/mol. The average Bonchev–Trinajstić information content (AvgIpc) is 2.82. The quantitative estimate of drug-likeness (QED) is 0.751. The average molecular weight is 416 g/mol. The van der Waals surface area contributed by atoms with E-state index >= 15 is 0 Å². The van der Waals surface area contributed by atoms with Crippen LogP contribution in [0.2, 0.25) is 5.02 Å². The number of aromatic nitrogens is 2. The molecule has 1 aromatic heterocycles. The van der Waals surface area contributed by atoms with Crippen molar-refractivity contribution < 1.29 is 18.5 Å². The minimum atomic E-state index is -3.60. The molecule has 0 aliphatic heterocycles. The highest BCUT2D eigenvalue weighted by Crippen LogP contribution is 2.26. The van der Waals surface area contributed by atoms with Crippen LogP contribution in [0, 0.1) is 13.8 Å². The van der Waals surface area contributed by atoms with E-state index in [4.69, 9.17) is 11.6 Å². The normalized spacial score (nSPS) is 12.8. The molecule has 3 N–H and O–H groups in total. The highest BCUT2D eigenvalue weighted by atomic mass is 35.5. The van der Waals surface area contributed by atoms with Crippen LogP contribution in [0.25, 0.3) is 0 Å². The summed E-state index contributed by atoms with van der Waals surface area (Å²) in [6.45, 7) is 4.55. The number of aryl methyl sites for hydroxylation is 1. The molecule has 0 atom stereocenters. The van der Waals surface area contributed by atoms with Gasteiger partial charge in [0.2, 0.25) is 10.0 Å². The molecule has 0 saturated carbocycles. The van der Waals surface area contributed by atoms with Gasteiger partial charge < -0.3 is 5.73 Å². The lowest BCUT2D eigenvalue weighted by Crippen LogP contribution is -2.49. The Bertz CT molecular complexity index is 968. The van der Waals surface area contributed by atoms with E-state index < -0.39 is 10.0 Å². The van der Waals surface area contributed by atoms with Crippen LogP contribution in [0.5, 0.6) is 0 Å². The number of benzene rings is 1. The van der Waals surface area contributed by atoms with Crippen LogP contribution in [0.1, 0.15) is 22.5 Å². The summed E-state index contributed by atoms with van der Waals surface area (Å²) < 4.78 is 41.3. The molecule has 27 heavy (non-hydrogen) atoms. The summed E-state index contributed by atoms with van der Waals surface area (Å²) in [5.41, 5.74) is 6.90. The van der Waals surface area contributed by atoms with Gasteiger partial charge in [-0.15, -0.1) is 0 Å². The topological polar surface area (TPSA) is 82.8 Å². The molecule has 1 aromatic carbocycles. The number of hydrogen-bond acceptors (Lipinski definition) is 3. The van der Waals surface area contributed by atoms with E-state index in [1.54, 1.807) is 16.8 Å². The maximum absolute atomic E-state index is 13.9. The zero-order chi connectivity index (χ0) is 20.4. The first-order chi connectivity index (χ1) is 12.6. The van der Waals surface area contributed by atoms with Gasteiger partial charge in [0.1, 0.15) is 10.7 Å². The second-order valence-electron chi connectivity index (χ2n) is 6.48. The molecule has 2 aromatic rings. The Balaban J connectivity index is 2.31. The van der Waals surface area contributed by atoms with Gasteiger partial charge in [-0.1, -0.05) is 17.7 Å². The molecule has 0 radical (unpaired) electrons. The standard InChI is InChI=1S/C18H24ClFN4O2S/c1-12-16(10-15(20)7-8-21)13(2)24(22-12)11-14-5-6-18(17(19)9-14)27(25,26)23(3)4/h5-7,9H,8,10-11,21H2,1-4H3/p+1. The lowest BCUT2D eigenvalue weighted by molar-refractivity contribution is -0.353. The predicted octanol–water partition coefficient (Wildman–Crippen LogP) is 2.09. The Kier molecular flexibility index (Phi) is 6.80. The van der Waals surface area contributed by atoms with E-state index in [2.05, 4.69) is 10.8 Å². The van der Waals surface area contributed by atoms with Gasteiger partial charge in [-0.2, -0.15) is 5.10 Å². The third-order valence-corrected chi connectivity index (χ3v) is 6.63. The SMILES string of the molecule is Cc1nn(Cc2ccc(S(=O)(=O)N(C)C)c(Cl)c2)c(C)c1CC(F)=CC[NH3+]. The summed E-state index contributed by atoms with van der Waals surface area (Å²) in [6, 6.07) is 4.83. The van der Waals surface area contributed by atoms with Crippen molar-refractivity contribution in [2.75, 3.05) is 20.6 Å². The van der Waals surface area contributed by atoms with Crippen LogP contribution in [0.3, 0.4) is 0 Å². The van der Waals surface area contributed by atoms with E-state index in [0.717, 1.165) is 26.8 Å². The highest BCUT2D eigenvalue weighted by Gasteiger charge is 2.21. The highest BCUT2D eigenvalue weighted by molar-refractivity contribution is 7.89. The maximum Gasteiger partial charge on any atom is 0.244 e. The molecule has 9 heteroatoms. The molecular weight excluding hydrogens is 391 g/mol. The maximum atomic E-state index is 13.9. The van der Waals surface area contributed by atoms with Crippen molar-refractivity contribution >= 4 is 21.6 Å². The van der Waals surface area contributed by atoms with Crippen LogP contribution in [-0.4, -0.2) is 43.1 Å². The fourth-order valence-corrected chi connectivity index (χ4v) is 4.20. The molecule has 0 saturated heterocycles. The van der Waals surface area contributed by atoms with Crippen LogP contribution in [0.4, 0.5) is 4.39 Å². The van der Waals surface area contributed by atoms with Gasteiger partial charge in [-0.05, 0) is 31.5 Å². The summed E-state index contributed by atoms with van der Waals surface area (Å²) in [6.07, 6.45) is 1.65. The van der Waals surface area contributed by atoms with Crippen LogP contribution in [0.15, 0.2) is 35.0 Å². The molecule has 2 rings (SSSR count). The fourth-order valence-electron chi connectivity index (χ4n) is 2.76. The summed E-state index contributed by atoms with van der Waals surface area (Å²) in [5.74, 6) is -0.225. The van der Waals surface area contributed by atoms with Crippen molar-refractivity contribution in [3.8, 4) is 0 Å². The van der Waals surface area contributed by atoms with Crippen molar-refractivity contribution in [3.05, 3.63) is 57.6 Å². The number of quaternary nitrogens is 1. The first-order valence-corrected chi connectivity index (χ1v) is 10.3. The van der Waals surface area contributed by atoms with Crippen molar-refractivity contribution in [3.63, 3.8) is 0 Å². The summed E-state index contributed by atoms with van der Waals surface area (Å²) in [7, 11) is -0.686. The van der Waals surface area contributed by atoms with E-state index in [0.29, 0.717) is 13.1 Å². The summed E-state index contributed by atoms with van der Waals surface area (Å²) in [4.78, 5) is 0.0624. The Morgan fingerprint density at radius 3 is 2.59 bits per heavy atom. The molecule has 6 nitrogen and oxygen atoms in total. The number of allylic oxidation sites excluding steroid dienone is 1. The van der Waals surface area contributed by atoms with Crippen LogP contribution < -0.4 is 5.73 Å². The number of halogens is 2. The zero-order valence-electron chi connectivity index (χ0n) is 16.0. The smallest absolute Gasteiger partial charge is 0.244 e. The minimum Gasteiger partial charge on any atom is -0.354 e. The lowest BCUT2D eigenvalue weighted by Gasteiger charge is -2.14. The lowest BCUT2D eigenvalue weighted by atomic mass is 10.1. The van der Waals surface area contributed by atoms with Gasteiger partial charge in [-0.3, -0.25) is 4.68 Å². The van der Waals surface area contributed by atoms with Crippen molar-refractivity contribution in [1.29, 1.82) is 0 Å². The van der Waals surface area contributed by atoms with E-state index in [9.17, 15) is 12.8 Å². The van der Waals surface area contributed by atoms with E-state index in [-0.39, 0.29) is 22.2 Å². The number of rotatable bonds is 7. The number of hydrogen-bond donors (Lipinski definition) is 1. The second kappa shape index (κ2) is 8.52. The van der Waals surface area contributed by atoms with Gasteiger partial charge in [0.25, 0.3) is 0 Å². The van der Waals surface area contributed by atoms with Gasteiger partial charge >= 0.3 is 0 Å². The van der Waals surface area contributed by atoms with Gasteiger partial charge in [0.15, 0.2) is 0 Å². The molecule has 0 aliphatic carbocycles. The molecule has 0 aliphatic rings. The molecule has 0 bridgehead atoms. The molecule has 148 valence electrons. The second-order valence-corrected chi connectivity index (χ2v) is 9.00. The summed E-state index contributed by atoms with van der Waals surface area (Å²) >= 11 is 6.21. The van der Waals surface area contributed by atoms with E-state index in [1.807, 2.05) is 13.8 Å². The molecular formula is C18H25ClFN4O2S+. The molecule has 0 amide bonds. The third-order valence-electron chi connectivity index (χ3n) is 4.33. The monoisotopic (exact) mass is 415 g/mol. The van der Waals surface area contributed by atoms with E-state index in [1.165, 1.54) is 26.2 Å². The molecule has 0 spiro atoms. The van der Waals surface area contributed by atoms with Crippen molar-refractivity contribution in [1.82, 2.24) is 14.1 Å². The molecule has 0 unspecified atom stereocenters. The van der Waals surface area contributed by atoms with Crippen molar-refractivity contribution in [2.24, 2.45) is 0 Å². The first kappa shape index (κ1) is 21.6. The Morgan fingerprint density at radius 2 is 2.04 bits per heavy atom. The van der Waals surface area contributed by atoms with Gasteiger partial charge in [0, 0.05) is 37.8 Å². The Labute approximate surface area is 164 Å². The van der Waals surface area contributed by atoms with Crippen LogP contribution >= 0.6 is 11.6 Å². The molecule has 1 heterocycles. The third kappa shape index (κ3) is 4.76. The zero-order valence-corrected chi connectivity index (χ0v) is 17.5. The Hall–Kier alpha value is -1.74. The largest absolute Gasteiger partial charge is 0.354 e. The minimum absolute atomic E-state index is 0.0624. The van der Waals surface area contributed by atoms with Crippen molar-refractivity contribution in [2.45, 2.75) is 31.7 Å². The first-order valence-electron chi connectivity index (χ1n) is 8.45. The van der Waals surface area contributed by atoms with Crippen LogP contribution in [-0.2, 0) is 23.0 Å².